The molecule has 1 aliphatic carbocycles. The third-order valence-electron chi connectivity index (χ3n) is 5.44. The molecule has 0 atom stereocenters. The molecule has 0 unspecified atom stereocenters. The summed E-state index contributed by atoms with van der Waals surface area (Å²) in [5, 5.41) is 0. The van der Waals surface area contributed by atoms with Crippen LogP contribution in [-0.2, 0) is 13.2 Å². The van der Waals surface area contributed by atoms with Crippen molar-refractivity contribution < 1.29 is 18.3 Å². The van der Waals surface area contributed by atoms with Crippen LogP contribution in [0.25, 0.3) is 0 Å². The maximum absolute atomic E-state index is 14.4. The molecule has 31 heavy (non-hydrogen) atoms. The van der Waals surface area contributed by atoms with Gasteiger partial charge in [0.05, 0.1) is 0 Å². The predicted molar refractivity (Wildman–Crippen MR) is 111 cm³/mol. The van der Waals surface area contributed by atoms with Crippen LogP contribution in [0.4, 0.5) is 14.6 Å². The average molecular weight is 425 g/mol. The van der Waals surface area contributed by atoms with Crippen molar-refractivity contribution in [2.75, 3.05) is 11.4 Å². The van der Waals surface area contributed by atoms with Crippen LogP contribution < -0.4 is 20.1 Å². The molecular weight excluding hydrogens is 404 g/mol. The molecule has 6 nitrogen and oxygen atoms in total. The Morgan fingerprint density at radius 3 is 2.71 bits per heavy atom. The highest BCUT2D eigenvalue weighted by Gasteiger charge is 2.33. The van der Waals surface area contributed by atoms with Gasteiger partial charge in [-0.3, -0.25) is 4.57 Å². The molecule has 1 aliphatic heterocycles. The van der Waals surface area contributed by atoms with Crippen LogP contribution in [0.15, 0.2) is 53.3 Å². The van der Waals surface area contributed by atoms with Gasteiger partial charge in [0.1, 0.15) is 24.0 Å². The molecule has 1 fully saturated rings. The predicted octanol–water partition coefficient (Wildman–Crippen LogP) is 4.27. The molecule has 0 N–H and O–H groups in total. The summed E-state index contributed by atoms with van der Waals surface area (Å²) in [7, 11) is 0. The van der Waals surface area contributed by atoms with Gasteiger partial charge in [-0.2, -0.15) is 4.98 Å². The van der Waals surface area contributed by atoms with Gasteiger partial charge in [-0.25, -0.2) is 13.6 Å². The molecule has 3 aromatic rings. The van der Waals surface area contributed by atoms with E-state index in [0.29, 0.717) is 18.2 Å². The molecule has 0 radical (unpaired) electrons. The number of aromatic nitrogens is 2. The SMILES string of the molecule is O=c1nc(OCc2ccc(Oc3cccc(F)c3)c(F)c2)cc2n1CCCN2C1CC1. The molecule has 0 saturated heterocycles. The van der Waals surface area contributed by atoms with Gasteiger partial charge in [-0.05, 0) is 49.1 Å². The first-order valence-electron chi connectivity index (χ1n) is 10.3. The van der Waals surface area contributed by atoms with Crippen LogP contribution in [0.2, 0.25) is 0 Å². The Balaban J connectivity index is 1.30. The zero-order valence-electron chi connectivity index (χ0n) is 16.8. The lowest BCUT2D eigenvalue weighted by molar-refractivity contribution is 0.289. The fourth-order valence-corrected chi connectivity index (χ4v) is 3.80. The third kappa shape index (κ3) is 4.23. The highest BCUT2D eigenvalue weighted by atomic mass is 19.1. The van der Waals surface area contributed by atoms with Crippen molar-refractivity contribution in [3.63, 3.8) is 0 Å². The minimum atomic E-state index is -0.594. The summed E-state index contributed by atoms with van der Waals surface area (Å²) in [5.41, 5.74) is 0.227. The Morgan fingerprint density at radius 2 is 1.94 bits per heavy atom. The summed E-state index contributed by atoms with van der Waals surface area (Å²) in [6.45, 7) is 1.63. The van der Waals surface area contributed by atoms with E-state index in [4.69, 9.17) is 9.47 Å². The van der Waals surface area contributed by atoms with E-state index in [0.717, 1.165) is 31.6 Å². The first-order chi connectivity index (χ1) is 15.1. The molecular formula is C23H21F2N3O3. The Hall–Kier alpha value is -3.42. The number of hydrogen-bond donors (Lipinski definition) is 0. The maximum atomic E-state index is 14.4. The average Bonchev–Trinajstić information content (AvgIpc) is 3.59. The van der Waals surface area contributed by atoms with Crippen LogP contribution >= 0.6 is 0 Å². The lowest BCUT2D eigenvalue weighted by atomic mass is 10.2. The van der Waals surface area contributed by atoms with Gasteiger partial charge in [0.15, 0.2) is 11.6 Å². The first kappa shape index (κ1) is 19.5. The molecule has 0 amide bonds. The maximum Gasteiger partial charge on any atom is 0.352 e. The van der Waals surface area contributed by atoms with Crippen molar-refractivity contribution in [1.82, 2.24) is 9.55 Å². The molecule has 0 bridgehead atoms. The van der Waals surface area contributed by atoms with Crippen molar-refractivity contribution in [2.45, 2.75) is 38.5 Å². The van der Waals surface area contributed by atoms with E-state index in [-0.39, 0.29) is 29.7 Å². The number of benzene rings is 2. The number of halogens is 2. The van der Waals surface area contributed by atoms with Gasteiger partial charge >= 0.3 is 5.69 Å². The fraction of sp³-hybridized carbons (Fsp3) is 0.304. The highest BCUT2D eigenvalue weighted by Crippen LogP contribution is 2.34. The second kappa shape index (κ2) is 8.02. The number of nitrogens with zero attached hydrogens (tertiary/aromatic N) is 3. The molecule has 2 aromatic carbocycles. The topological polar surface area (TPSA) is 56.6 Å². The molecule has 0 spiro atoms. The van der Waals surface area contributed by atoms with E-state index in [1.54, 1.807) is 22.8 Å². The van der Waals surface area contributed by atoms with Gasteiger partial charge in [0, 0.05) is 31.3 Å². The fourth-order valence-electron chi connectivity index (χ4n) is 3.80. The quantitative estimate of drug-likeness (QED) is 0.591. The summed E-state index contributed by atoms with van der Waals surface area (Å²) in [6, 6.07) is 12.2. The van der Waals surface area contributed by atoms with Crippen molar-refractivity contribution in [3.05, 3.63) is 76.2 Å². The first-order valence-corrected chi connectivity index (χ1v) is 10.3. The molecule has 2 aliphatic rings. The van der Waals surface area contributed by atoms with Crippen LogP contribution in [0, 0.1) is 11.6 Å². The molecule has 8 heteroatoms. The summed E-state index contributed by atoms with van der Waals surface area (Å²) in [5.74, 6) is 0.208. The van der Waals surface area contributed by atoms with E-state index in [9.17, 15) is 13.6 Å². The van der Waals surface area contributed by atoms with E-state index < -0.39 is 11.6 Å². The Bertz CT molecular complexity index is 1180. The largest absolute Gasteiger partial charge is 0.473 e. The Morgan fingerprint density at radius 1 is 1.06 bits per heavy atom. The van der Waals surface area contributed by atoms with Crippen molar-refractivity contribution in [2.24, 2.45) is 0 Å². The van der Waals surface area contributed by atoms with Crippen LogP contribution in [0.1, 0.15) is 24.8 Å². The number of rotatable bonds is 6. The van der Waals surface area contributed by atoms with E-state index in [1.807, 2.05) is 0 Å². The summed E-state index contributed by atoms with van der Waals surface area (Å²) in [6.07, 6.45) is 3.20. The number of hydrogen-bond acceptors (Lipinski definition) is 5. The van der Waals surface area contributed by atoms with Crippen molar-refractivity contribution >= 4 is 5.82 Å². The number of fused-ring (bicyclic) bond motifs is 1. The normalized spacial score (nSPS) is 15.5. The van der Waals surface area contributed by atoms with Crippen LogP contribution in [-0.4, -0.2) is 22.1 Å². The van der Waals surface area contributed by atoms with Crippen LogP contribution in [0.5, 0.6) is 17.4 Å². The summed E-state index contributed by atoms with van der Waals surface area (Å²) >= 11 is 0. The second-order valence-corrected chi connectivity index (χ2v) is 7.78. The molecule has 1 saturated carbocycles. The molecule has 5 rings (SSSR count). The van der Waals surface area contributed by atoms with Gasteiger partial charge < -0.3 is 14.4 Å². The van der Waals surface area contributed by atoms with Crippen molar-refractivity contribution in [1.29, 1.82) is 0 Å². The molecule has 160 valence electrons. The number of ether oxygens (including phenoxy) is 2. The zero-order valence-corrected chi connectivity index (χ0v) is 16.8. The minimum Gasteiger partial charge on any atom is -0.473 e. The Kier molecular flexibility index (Phi) is 5.05. The van der Waals surface area contributed by atoms with Gasteiger partial charge in [-0.1, -0.05) is 12.1 Å². The van der Waals surface area contributed by atoms with Crippen molar-refractivity contribution in [3.8, 4) is 17.4 Å². The third-order valence-corrected chi connectivity index (χ3v) is 5.44. The smallest absolute Gasteiger partial charge is 0.352 e. The zero-order chi connectivity index (χ0) is 21.4. The minimum absolute atomic E-state index is 0.0143. The second-order valence-electron chi connectivity index (χ2n) is 7.78. The van der Waals surface area contributed by atoms with Gasteiger partial charge in [-0.15, -0.1) is 0 Å². The molecule has 1 aromatic heterocycles. The molecule has 2 heterocycles. The van der Waals surface area contributed by atoms with E-state index in [2.05, 4.69) is 9.88 Å². The Labute approximate surface area is 177 Å². The lowest BCUT2D eigenvalue weighted by Gasteiger charge is -2.31. The lowest BCUT2D eigenvalue weighted by Crippen LogP contribution is -2.39. The number of anilines is 1. The standard InChI is InChI=1S/C23H21F2N3O3/c24-16-3-1-4-18(12-16)31-20-8-5-15(11-19(20)25)14-30-21-13-22-27(17-6-7-17)9-2-10-28(22)23(29)26-21/h1,3-5,8,11-13,17H,2,6-7,9-10,14H2. The summed E-state index contributed by atoms with van der Waals surface area (Å²) < 4.78 is 40.5. The van der Waals surface area contributed by atoms with E-state index >= 15 is 0 Å². The highest BCUT2D eigenvalue weighted by molar-refractivity contribution is 5.46. The van der Waals surface area contributed by atoms with Gasteiger partial charge in [0.25, 0.3) is 0 Å². The summed E-state index contributed by atoms with van der Waals surface area (Å²) in [4.78, 5) is 18.7. The van der Waals surface area contributed by atoms with Crippen LogP contribution in [0.3, 0.4) is 0 Å². The monoisotopic (exact) mass is 425 g/mol. The van der Waals surface area contributed by atoms with Gasteiger partial charge in [0.2, 0.25) is 5.88 Å². The van der Waals surface area contributed by atoms with E-state index in [1.165, 1.54) is 30.3 Å².